The van der Waals surface area contributed by atoms with E-state index in [1.54, 1.807) is 0 Å². The van der Waals surface area contributed by atoms with Gasteiger partial charge < -0.3 is 5.11 Å². The third kappa shape index (κ3) is 3.66. The number of carboxylic acid groups (broad SMARTS) is 1. The molecule has 0 aromatic carbocycles. The Morgan fingerprint density at radius 3 is 2.81 bits per heavy atom. The van der Waals surface area contributed by atoms with Crippen LogP contribution >= 0.6 is 0 Å². The van der Waals surface area contributed by atoms with Crippen LogP contribution in [0.1, 0.15) is 58.8 Å². The number of allylic oxidation sites excluding steroid dienone is 2. The van der Waals surface area contributed by atoms with Crippen molar-refractivity contribution >= 4 is 5.97 Å². The fourth-order valence-corrected chi connectivity index (χ4v) is 2.46. The largest absolute Gasteiger partial charge is 0.481 e. The van der Waals surface area contributed by atoms with E-state index in [4.69, 9.17) is 0 Å². The SMILES string of the molecule is CCCCCCC1C=CCC(C)(C(=O)O)C1. The number of carboxylic acids is 1. The summed E-state index contributed by atoms with van der Waals surface area (Å²) in [5, 5.41) is 9.19. The van der Waals surface area contributed by atoms with Crippen molar-refractivity contribution in [1.82, 2.24) is 0 Å². The Morgan fingerprint density at radius 2 is 2.19 bits per heavy atom. The first-order valence-corrected chi connectivity index (χ1v) is 6.48. The lowest BCUT2D eigenvalue weighted by Crippen LogP contribution is -2.31. The van der Waals surface area contributed by atoms with Gasteiger partial charge in [0.1, 0.15) is 0 Å². The van der Waals surface area contributed by atoms with Crippen LogP contribution in [0.25, 0.3) is 0 Å². The molecule has 0 bridgehead atoms. The minimum Gasteiger partial charge on any atom is -0.481 e. The molecular formula is C14H24O2. The van der Waals surface area contributed by atoms with Crippen LogP contribution in [-0.2, 0) is 4.79 Å². The molecule has 2 heteroatoms. The molecule has 0 aliphatic heterocycles. The number of hydrogen-bond acceptors (Lipinski definition) is 1. The van der Waals surface area contributed by atoms with Crippen molar-refractivity contribution in [2.75, 3.05) is 0 Å². The number of carbonyl (C=O) groups is 1. The van der Waals surface area contributed by atoms with Gasteiger partial charge >= 0.3 is 5.97 Å². The van der Waals surface area contributed by atoms with Crippen LogP contribution in [0.2, 0.25) is 0 Å². The third-order valence-electron chi connectivity index (χ3n) is 3.63. The summed E-state index contributed by atoms with van der Waals surface area (Å²) in [5.74, 6) is -0.165. The molecule has 0 spiro atoms. The second kappa shape index (κ2) is 6.07. The molecule has 0 radical (unpaired) electrons. The van der Waals surface area contributed by atoms with Gasteiger partial charge in [-0.1, -0.05) is 44.8 Å². The van der Waals surface area contributed by atoms with Gasteiger partial charge in [0.2, 0.25) is 0 Å². The van der Waals surface area contributed by atoms with Crippen LogP contribution in [0, 0.1) is 11.3 Å². The van der Waals surface area contributed by atoms with Crippen molar-refractivity contribution in [3.05, 3.63) is 12.2 Å². The molecule has 0 aromatic heterocycles. The van der Waals surface area contributed by atoms with Crippen molar-refractivity contribution in [2.24, 2.45) is 11.3 Å². The maximum absolute atomic E-state index is 11.2. The number of rotatable bonds is 6. The van der Waals surface area contributed by atoms with Crippen LogP contribution in [0.5, 0.6) is 0 Å². The van der Waals surface area contributed by atoms with E-state index < -0.39 is 11.4 Å². The van der Waals surface area contributed by atoms with Crippen molar-refractivity contribution in [3.8, 4) is 0 Å². The van der Waals surface area contributed by atoms with E-state index in [0.29, 0.717) is 12.3 Å². The average Bonchev–Trinajstić information content (AvgIpc) is 2.24. The second-order valence-corrected chi connectivity index (χ2v) is 5.31. The number of unbranched alkanes of at least 4 members (excludes halogenated alkanes) is 3. The average molecular weight is 224 g/mol. The molecule has 0 fully saturated rings. The Balaban J connectivity index is 2.36. The Bertz CT molecular complexity index is 257. The van der Waals surface area contributed by atoms with Crippen LogP contribution in [0.15, 0.2) is 12.2 Å². The lowest BCUT2D eigenvalue weighted by molar-refractivity contribution is -0.149. The summed E-state index contributed by atoms with van der Waals surface area (Å²) in [6, 6.07) is 0. The zero-order valence-electron chi connectivity index (χ0n) is 10.5. The van der Waals surface area contributed by atoms with Gasteiger partial charge in [0.15, 0.2) is 0 Å². The summed E-state index contributed by atoms with van der Waals surface area (Å²) in [4.78, 5) is 11.2. The summed E-state index contributed by atoms with van der Waals surface area (Å²) < 4.78 is 0. The molecule has 1 N–H and O–H groups in total. The molecule has 2 atom stereocenters. The van der Waals surface area contributed by atoms with E-state index in [-0.39, 0.29) is 0 Å². The minimum absolute atomic E-state index is 0.478. The molecule has 2 nitrogen and oxygen atoms in total. The Morgan fingerprint density at radius 1 is 1.44 bits per heavy atom. The van der Waals surface area contributed by atoms with E-state index in [1.807, 2.05) is 6.92 Å². The Kier molecular flexibility index (Phi) is 5.04. The first-order chi connectivity index (χ1) is 7.58. The van der Waals surface area contributed by atoms with E-state index in [2.05, 4.69) is 19.1 Å². The molecule has 0 saturated carbocycles. The van der Waals surface area contributed by atoms with Crippen LogP contribution in [-0.4, -0.2) is 11.1 Å². The predicted octanol–water partition coefficient (Wildman–Crippen LogP) is 4.01. The highest BCUT2D eigenvalue weighted by Gasteiger charge is 2.35. The van der Waals surface area contributed by atoms with Gasteiger partial charge in [-0.25, -0.2) is 0 Å². The lowest BCUT2D eigenvalue weighted by Gasteiger charge is -2.31. The van der Waals surface area contributed by atoms with Gasteiger partial charge in [-0.2, -0.15) is 0 Å². The van der Waals surface area contributed by atoms with E-state index >= 15 is 0 Å². The maximum Gasteiger partial charge on any atom is 0.309 e. The zero-order chi connectivity index (χ0) is 12.0. The van der Waals surface area contributed by atoms with Crippen LogP contribution in [0.3, 0.4) is 0 Å². The van der Waals surface area contributed by atoms with Gasteiger partial charge in [0.05, 0.1) is 5.41 Å². The number of aliphatic carboxylic acids is 1. The van der Waals surface area contributed by atoms with Gasteiger partial charge in [-0.05, 0) is 32.1 Å². The number of hydrogen-bond donors (Lipinski definition) is 1. The van der Waals surface area contributed by atoms with Crippen molar-refractivity contribution < 1.29 is 9.90 Å². The monoisotopic (exact) mass is 224 g/mol. The van der Waals surface area contributed by atoms with Gasteiger partial charge in [-0.3, -0.25) is 4.79 Å². The smallest absolute Gasteiger partial charge is 0.309 e. The van der Waals surface area contributed by atoms with Crippen molar-refractivity contribution in [3.63, 3.8) is 0 Å². The second-order valence-electron chi connectivity index (χ2n) is 5.31. The van der Waals surface area contributed by atoms with Gasteiger partial charge in [0.25, 0.3) is 0 Å². The van der Waals surface area contributed by atoms with Crippen molar-refractivity contribution in [2.45, 2.75) is 58.8 Å². The molecule has 1 aliphatic rings. The summed E-state index contributed by atoms with van der Waals surface area (Å²) in [6.07, 6.45) is 12.0. The fraction of sp³-hybridized carbons (Fsp3) is 0.786. The molecule has 16 heavy (non-hydrogen) atoms. The van der Waals surface area contributed by atoms with Crippen molar-refractivity contribution in [1.29, 1.82) is 0 Å². The summed E-state index contributed by atoms with van der Waals surface area (Å²) >= 11 is 0. The predicted molar refractivity (Wildman–Crippen MR) is 66.4 cm³/mol. The van der Waals surface area contributed by atoms with Crippen LogP contribution < -0.4 is 0 Å². The molecule has 92 valence electrons. The molecular weight excluding hydrogens is 200 g/mol. The molecule has 2 unspecified atom stereocenters. The van der Waals surface area contributed by atoms with E-state index in [9.17, 15) is 9.90 Å². The third-order valence-corrected chi connectivity index (χ3v) is 3.63. The molecule has 0 amide bonds. The van der Waals surface area contributed by atoms with Crippen LogP contribution in [0.4, 0.5) is 0 Å². The highest BCUT2D eigenvalue weighted by molar-refractivity contribution is 5.74. The van der Waals surface area contributed by atoms with Gasteiger partial charge in [0, 0.05) is 0 Å². The molecule has 0 aromatic rings. The summed E-state index contributed by atoms with van der Waals surface area (Å²) in [6.45, 7) is 4.08. The quantitative estimate of drug-likeness (QED) is 0.546. The Hall–Kier alpha value is -0.790. The molecule has 1 rings (SSSR count). The summed E-state index contributed by atoms with van der Waals surface area (Å²) in [7, 11) is 0. The highest BCUT2D eigenvalue weighted by atomic mass is 16.4. The Labute approximate surface area is 98.7 Å². The van der Waals surface area contributed by atoms with E-state index in [0.717, 1.165) is 12.8 Å². The van der Waals surface area contributed by atoms with Gasteiger partial charge in [-0.15, -0.1) is 0 Å². The zero-order valence-corrected chi connectivity index (χ0v) is 10.5. The first-order valence-electron chi connectivity index (χ1n) is 6.48. The minimum atomic E-state index is -0.643. The fourth-order valence-electron chi connectivity index (χ4n) is 2.46. The summed E-state index contributed by atoms with van der Waals surface area (Å²) in [5.41, 5.74) is -0.524. The normalized spacial score (nSPS) is 29.2. The maximum atomic E-state index is 11.2. The lowest BCUT2D eigenvalue weighted by atomic mass is 9.73. The van der Waals surface area contributed by atoms with E-state index in [1.165, 1.54) is 25.7 Å². The molecule has 0 heterocycles. The highest BCUT2D eigenvalue weighted by Crippen LogP contribution is 2.37. The first kappa shape index (κ1) is 13.3. The topological polar surface area (TPSA) is 37.3 Å². The molecule has 1 aliphatic carbocycles. The standard InChI is InChI=1S/C14H24O2/c1-3-4-5-6-8-12-9-7-10-14(2,11-12)13(15)16/h7,9,12H,3-6,8,10-11H2,1-2H3,(H,15,16). The molecule has 0 saturated heterocycles.